The maximum atomic E-state index is 13.9. The van der Waals surface area contributed by atoms with Gasteiger partial charge in [-0.3, -0.25) is 4.79 Å². The largest absolute Gasteiger partial charge is 0.287 e. The Morgan fingerprint density at radius 2 is 1.85 bits per heavy atom. The summed E-state index contributed by atoms with van der Waals surface area (Å²) in [4.78, 5) is 15.9. The van der Waals surface area contributed by atoms with Crippen LogP contribution in [0.5, 0.6) is 0 Å². The molecule has 0 bridgehead atoms. The molecule has 0 saturated heterocycles. The van der Waals surface area contributed by atoms with Crippen LogP contribution in [0.15, 0.2) is 41.6 Å². The number of sulfonamides is 1. The Morgan fingerprint density at radius 1 is 1.19 bits per heavy atom. The molecular formula is C15H10ClF2N5O3S. The number of amides is 1. The second-order valence-electron chi connectivity index (χ2n) is 5.25. The van der Waals surface area contributed by atoms with Crippen LogP contribution in [0.1, 0.15) is 16.2 Å². The molecule has 0 fully saturated rings. The summed E-state index contributed by atoms with van der Waals surface area (Å²) in [5.41, 5.74) is -1.02. The van der Waals surface area contributed by atoms with E-state index in [2.05, 4.69) is 15.3 Å². The molecule has 2 heterocycles. The summed E-state index contributed by atoms with van der Waals surface area (Å²) in [6.45, 7) is 1.31. The van der Waals surface area contributed by atoms with Crippen LogP contribution in [0.25, 0.3) is 5.69 Å². The Hall–Kier alpha value is -2.92. The van der Waals surface area contributed by atoms with Gasteiger partial charge in [0.15, 0.2) is 22.4 Å². The van der Waals surface area contributed by atoms with Crippen molar-refractivity contribution in [3.8, 4) is 5.69 Å². The predicted molar refractivity (Wildman–Crippen MR) is 89.9 cm³/mol. The Kier molecular flexibility index (Phi) is 4.89. The first kappa shape index (κ1) is 18.9. The van der Waals surface area contributed by atoms with Crippen molar-refractivity contribution in [2.75, 3.05) is 0 Å². The minimum absolute atomic E-state index is 0.0595. The smallest absolute Gasteiger partial charge is 0.266 e. The number of nitrogens with one attached hydrogen (secondary N) is 1. The summed E-state index contributed by atoms with van der Waals surface area (Å²) < 4.78 is 54.8. The maximum absolute atomic E-state index is 13.9. The molecular weight excluding hydrogens is 404 g/mol. The highest BCUT2D eigenvalue weighted by molar-refractivity contribution is 7.90. The number of aromatic nitrogens is 4. The molecule has 3 rings (SSSR count). The van der Waals surface area contributed by atoms with Gasteiger partial charge in [-0.05, 0) is 31.2 Å². The molecule has 8 nitrogen and oxygen atoms in total. The van der Waals surface area contributed by atoms with E-state index in [1.807, 2.05) is 0 Å². The van der Waals surface area contributed by atoms with Gasteiger partial charge in [-0.2, -0.15) is 8.42 Å². The van der Waals surface area contributed by atoms with E-state index in [0.717, 1.165) is 29.1 Å². The molecule has 140 valence electrons. The van der Waals surface area contributed by atoms with Crippen molar-refractivity contribution in [1.82, 2.24) is 24.7 Å². The minimum Gasteiger partial charge on any atom is -0.266 e. The number of hydrogen-bond donors (Lipinski definition) is 1. The average molecular weight is 414 g/mol. The van der Waals surface area contributed by atoms with Gasteiger partial charge >= 0.3 is 0 Å². The highest BCUT2D eigenvalue weighted by atomic mass is 35.5. The second-order valence-corrected chi connectivity index (χ2v) is 7.32. The summed E-state index contributed by atoms with van der Waals surface area (Å²) in [6, 6.07) is 5.58. The summed E-state index contributed by atoms with van der Waals surface area (Å²) in [5, 5.41) is 6.84. The predicted octanol–water partition coefficient (Wildman–Crippen LogP) is 2.02. The first-order valence-corrected chi connectivity index (χ1v) is 9.12. The lowest BCUT2D eigenvalue weighted by atomic mass is 10.2. The van der Waals surface area contributed by atoms with Crippen LogP contribution >= 0.6 is 11.6 Å². The molecule has 12 heteroatoms. The van der Waals surface area contributed by atoms with Gasteiger partial charge in [-0.25, -0.2) is 23.2 Å². The third-order valence-corrected chi connectivity index (χ3v) is 4.93. The van der Waals surface area contributed by atoms with Crippen molar-refractivity contribution in [1.29, 1.82) is 0 Å². The van der Waals surface area contributed by atoms with Crippen molar-refractivity contribution in [3.05, 3.63) is 64.6 Å². The minimum atomic E-state index is -4.31. The van der Waals surface area contributed by atoms with E-state index in [0.29, 0.717) is 0 Å². The number of carbonyl (C=O) groups excluding carboxylic acids is 1. The Balaban J connectivity index is 1.93. The van der Waals surface area contributed by atoms with Crippen LogP contribution in [0.3, 0.4) is 0 Å². The standard InChI is InChI=1S/C15H10ClF2N5O3S/c1-8-13(20-22-23(8)14-10(17)3-2-4-11(14)18)15(24)21-27(25,26)12-6-5-9(16)7-19-12/h2-7H,1H3,(H,21,24). The second kappa shape index (κ2) is 7.00. The molecule has 2 aromatic heterocycles. The van der Waals surface area contributed by atoms with Crippen LogP contribution < -0.4 is 4.72 Å². The third kappa shape index (κ3) is 3.64. The molecule has 0 atom stereocenters. The molecule has 0 aliphatic heterocycles. The number of nitrogens with zero attached hydrogens (tertiary/aromatic N) is 4. The molecule has 1 amide bonds. The SMILES string of the molecule is Cc1c(C(=O)NS(=O)(=O)c2ccc(Cl)cn2)nnn1-c1c(F)cccc1F. The van der Waals surface area contributed by atoms with E-state index in [1.54, 1.807) is 4.72 Å². The van der Waals surface area contributed by atoms with Gasteiger partial charge in [-0.15, -0.1) is 5.10 Å². The van der Waals surface area contributed by atoms with E-state index >= 15 is 0 Å². The molecule has 0 saturated carbocycles. The van der Waals surface area contributed by atoms with Crippen LogP contribution in [-0.4, -0.2) is 34.3 Å². The van der Waals surface area contributed by atoms with Gasteiger partial charge in [0, 0.05) is 6.20 Å². The van der Waals surface area contributed by atoms with Gasteiger partial charge < -0.3 is 0 Å². The zero-order chi connectivity index (χ0) is 19.8. The molecule has 0 aliphatic carbocycles. The summed E-state index contributed by atoms with van der Waals surface area (Å²) >= 11 is 5.64. The highest BCUT2D eigenvalue weighted by Gasteiger charge is 2.26. The van der Waals surface area contributed by atoms with E-state index in [1.165, 1.54) is 19.1 Å². The average Bonchev–Trinajstić information content (AvgIpc) is 2.96. The Labute approximate surface area is 156 Å². The quantitative estimate of drug-likeness (QED) is 0.701. The third-order valence-electron chi connectivity index (χ3n) is 3.46. The summed E-state index contributed by atoms with van der Waals surface area (Å²) in [7, 11) is -4.31. The van der Waals surface area contributed by atoms with Crippen LogP contribution in [0, 0.1) is 18.6 Å². The number of carbonyl (C=O) groups is 1. The molecule has 0 aliphatic rings. The van der Waals surface area contributed by atoms with E-state index < -0.39 is 44.0 Å². The van der Waals surface area contributed by atoms with Crippen LogP contribution in [-0.2, 0) is 10.0 Å². The first-order valence-electron chi connectivity index (χ1n) is 7.26. The fourth-order valence-corrected chi connectivity index (χ4v) is 3.18. The van der Waals surface area contributed by atoms with Crippen molar-refractivity contribution in [2.24, 2.45) is 0 Å². The van der Waals surface area contributed by atoms with Crippen molar-refractivity contribution >= 4 is 27.5 Å². The van der Waals surface area contributed by atoms with Gasteiger partial charge in [0.25, 0.3) is 15.9 Å². The van der Waals surface area contributed by atoms with Crippen molar-refractivity contribution in [3.63, 3.8) is 0 Å². The monoisotopic (exact) mass is 413 g/mol. The highest BCUT2D eigenvalue weighted by Crippen LogP contribution is 2.19. The fraction of sp³-hybridized carbons (Fsp3) is 0.0667. The first-order chi connectivity index (χ1) is 12.7. The van der Waals surface area contributed by atoms with Crippen LogP contribution in [0.2, 0.25) is 5.02 Å². The molecule has 3 aromatic rings. The van der Waals surface area contributed by atoms with E-state index in [4.69, 9.17) is 11.6 Å². The normalized spacial score (nSPS) is 11.4. The number of pyridine rings is 1. The van der Waals surface area contributed by atoms with Crippen molar-refractivity contribution in [2.45, 2.75) is 11.9 Å². The van der Waals surface area contributed by atoms with Crippen LogP contribution in [0.4, 0.5) is 8.78 Å². The maximum Gasteiger partial charge on any atom is 0.287 e. The van der Waals surface area contributed by atoms with Gasteiger partial charge in [0.2, 0.25) is 0 Å². The summed E-state index contributed by atoms with van der Waals surface area (Å²) in [5.74, 6) is -2.98. The molecule has 1 N–H and O–H groups in total. The molecule has 0 radical (unpaired) electrons. The van der Waals surface area contributed by atoms with Crippen molar-refractivity contribution < 1.29 is 22.0 Å². The molecule has 0 unspecified atom stereocenters. The number of rotatable bonds is 4. The number of halogens is 3. The Morgan fingerprint density at radius 3 is 2.44 bits per heavy atom. The zero-order valence-corrected chi connectivity index (χ0v) is 15.1. The van der Waals surface area contributed by atoms with Gasteiger partial charge in [-0.1, -0.05) is 22.9 Å². The topological polar surface area (TPSA) is 107 Å². The molecule has 27 heavy (non-hydrogen) atoms. The lowest BCUT2D eigenvalue weighted by Crippen LogP contribution is -2.32. The zero-order valence-electron chi connectivity index (χ0n) is 13.5. The Bertz CT molecular complexity index is 1110. The van der Waals surface area contributed by atoms with E-state index in [-0.39, 0.29) is 10.7 Å². The lowest BCUT2D eigenvalue weighted by Gasteiger charge is -2.07. The fourth-order valence-electron chi connectivity index (χ4n) is 2.19. The van der Waals surface area contributed by atoms with Gasteiger partial charge in [0.05, 0.1) is 10.7 Å². The van der Waals surface area contributed by atoms with E-state index in [9.17, 15) is 22.0 Å². The molecule has 0 spiro atoms. The number of para-hydroxylation sites is 1. The molecule has 1 aromatic carbocycles. The lowest BCUT2D eigenvalue weighted by molar-refractivity contribution is 0.0975. The summed E-state index contributed by atoms with van der Waals surface area (Å²) in [6.07, 6.45) is 1.10. The van der Waals surface area contributed by atoms with Gasteiger partial charge in [0.1, 0.15) is 5.69 Å². The number of hydrogen-bond acceptors (Lipinski definition) is 6. The number of benzene rings is 1.